The highest BCUT2D eigenvalue weighted by Crippen LogP contribution is 2.01. The van der Waals surface area contributed by atoms with Gasteiger partial charge in [-0.3, -0.25) is 0 Å². The Hall–Kier alpha value is 0.250. The van der Waals surface area contributed by atoms with E-state index in [1.54, 1.807) is 0 Å². The van der Waals surface area contributed by atoms with Gasteiger partial charge in [0, 0.05) is 11.9 Å². The molecule has 0 spiro atoms. The van der Waals surface area contributed by atoms with Gasteiger partial charge in [0.1, 0.15) is 0 Å². The maximum absolute atomic E-state index is 5.57. The van der Waals surface area contributed by atoms with Crippen LogP contribution in [0, 0.1) is 0 Å². The largest absolute Gasteiger partial charge is 0.317 e. The van der Waals surface area contributed by atoms with Crippen molar-refractivity contribution in [3.8, 4) is 0 Å². The van der Waals surface area contributed by atoms with Gasteiger partial charge in [-0.1, -0.05) is 13.3 Å². The smallest absolute Gasteiger partial charge is 0.0238 e. The molecule has 0 bridgehead atoms. The summed E-state index contributed by atoms with van der Waals surface area (Å²) < 4.78 is 0. The van der Waals surface area contributed by atoms with E-state index in [0.29, 0.717) is 6.04 Å². The van der Waals surface area contributed by atoms with Gasteiger partial charge < -0.3 is 5.32 Å². The molecule has 0 radical (unpaired) electrons. The van der Waals surface area contributed by atoms with Crippen LogP contribution in [0.25, 0.3) is 0 Å². The van der Waals surface area contributed by atoms with Crippen LogP contribution in [-0.4, -0.2) is 19.0 Å². The van der Waals surface area contributed by atoms with Gasteiger partial charge in [0.15, 0.2) is 0 Å². The lowest BCUT2D eigenvalue weighted by molar-refractivity contribution is 0.505. The molecule has 0 aromatic carbocycles. The molecule has 0 saturated heterocycles. The van der Waals surface area contributed by atoms with Crippen molar-refractivity contribution in [1.82, 2.24) is 5.32 Å². The average molecular weight is 150 g/mol. The summed E-state index contributed by atoms with van der Waals surface area (Å²) in [6.45, 7) is 2.19. The fourth-order valence-electron chi connectivity index (χ4n) is 0.913. The minimum absolute atomic E-state index is 0.632. The van der Waals surface area contributed by atoms with Gasteiger partial charge in [-0.05, 0) is 19.9 Å². The molecule has 56 valence electrons. The van der Waals surface area contributed by atoms with Crippen molar-refractivity contribution in [1.29, 1.82) is 0 Å². The van der Waals surface area contributed by atoms with Crippen molar-refractivity contribution in [3.63, 3.8) is 0 Å². The predicted molar refractivity (Wildman–Crippen MR) is 43.1 cm³/mol. The van der Waals surface area contributed by atoms with Gasteiger partial charge in [0.2, 0.25) is 0 Å². The van der Waals surface area contributed by atoms with Gasteiger partial charge >= 0.3 is 0 Å². The summed E-state index contributed by atoms with van der Waals surface area (Å²) in [6.07, 6.45) is 3.57. The number of hydrogen-bond acceptors (Lipinski definition) is 1. The van der Waals surface area contributed by atoms with Gasteiger partial charge in [0.25, 0.3) is 0 Å². The normalized spacial score (nSPS) is 13.7. The standard InChI is InChI=1S/C7H16ClN/c1-3-4-7(9-2)5-6-8/h7,9H,3-6H2,1-2H3. The third-order valence-electron chi connectivity index (χ3n) is 1.50. The Morgan fingerprint density at radius 3 is 2.44 bits per heavy atom. The van der Waals surface area contributed by atoms with Crippen LogP contribution < -0.4 is 5.32 Å². The van der Waals surface area contributed by atoms with E-state index in [9.17, 15) is 0 Å². The van der Waals surface area contributed by atoms with Crippen LogP contribution in [-0.2, 0) is 0 Å². The van der Waals surface area contributed by atoms with E-state index in [0.717, 1.165) is 12.3 Å². The van der Waals surface area contributed by atoms with Crippen LogP contribution in [0.2, 0.25) is 0 Å². The molecule has 0 aromatic heterocycles. The molecule has 0 heterocycles. The molecule has 0 aliphatic rings. The Bertz CT molecular complexity index is 50.9. The van der Waals surface area contributed by atoms with E-state index >= 15 is 0 Å². The summed E-state index contributed by atoms with van der Waals surface area (Å²) in [5.41, 5.74) is 0. The molecular formula is C7H16ClN. The third-order valence-corrected chi connectivity index (χ3v) is 1.72. The van der Waals surface area contributed by atoms with Crippen molar-refractivity contribution in [3.05, 3.63) is 0 Å². The predicted octanol–water partition coefficient (Wildman–Crippen LogP) is 2.00. The van der Waals surface area contributed by atoms with E-state index in [2.05, 4.69) is 12.2 Å². The molecule has 1 nitrogen and oxygen atoms in total. The Kier molecular flexibility index (Phi) is 6.55. The molecule has 9 heavy (non-hydrogen) atoms. The molecule has 0 aromatic rings. The first kappa shape index (κ1) is 9.25. The molecule has 0 aliphatic heterocycles. The molecule has 1 N–H and O–H groups in total. The summed E-state index contributed by atoms with van der Waals surface area (Å²) >= 11 is 5.57. The molecule has 1 atom stereocenters. The summed E-state index contributed by atoms with van der Waals surface area (Å²) in [5.74, 6) is 0.769. The van der Waals surface area contributed by atoms with E-state index in [1.165, 1.54) is 12.8 Å². The van der Waals surface area contributed by atoms with E-state index < -0.39 is 0 Å². The summed E-state index contributed by atoms with van der Waals surface area (Å²) in [6, 6.07) is 0.632. The minimum Gasteiger partial charge on any atom is -0.317 e. The van der Waals surface area contributed by atoms with Crippen LogP contribution in [0.5, 0.6) is 0 Å². The number of rotatable bonds is 5. The van der Waals surface area contributed by atoms with Crippen molar-refractivity contribution in [2.75, 3.05) is 12.9 Å². The fourth-order valence-corrected chi connectivity index (χ4v) is 1.18. The molecular weight excluding hydrogens is 134 g/mol. The first-order valence-electron chi connectivity index (χ1n) is 3.58. The van der Waals surface area contributed by atoms with Crippen LogP contribution in [0.1, 0.15) is 26.2 Å². The van der Waals surface area contributed by atoms with Crippen LogP contribution in [0.15, 0.2) is 0 Å². The SMILES string of the molecule is CCCC(CCCl)NC. The highest BCUT2D eigenvalue weighted by atomic mass is 35.5. The lowest BCUT2D eigenvalue weighted by atomic mass is 10.1. The number of halogens is 1. The maximum Gasteiger partial charge on any atom is 0.0238 e. The van der Waals surface area contributed by atoms with Gasteiger partial charge in [0.05, 0.1) is 0 Å². The van der Waals surface area contributed by atoms with Crippen molar-refractivity contribution in [2.45, 2.75) is 32.2 Å². The fraction of sp³-hybridized carbons (Fsp3) is 1.00. The first-order chi connectivity index (χ1) is 4.35. The minimum atomic E-state index is 0.632. The molecule has 0 rings (SSSR count). The molecule has 0 fully saturated rings. The second-order valence-electron chi connectivity index (χ2n) is 2.25. The second kappa shape index (κ2) is 6.37. The number of hydrogen-bond donors (Lipinski definition) is 1. The van der Waals surface area contributed by atoms with E-state index in [1.807, 2.05) is 7.05 Å². The Morgan fingerprint density at radius 2 is 2.11 bits per heavy atom. The highest BCUT2D eigenvalue weighted by Gasteiger charge is 2.01. The lowest BCUT2D eigenvalue weighted by Gasteiger charge is -2.12. The van der Waals surface area contributed by atoms with Gasteiger partial charge in [-0.25, -0.2) is 0 Å². The van der Waals surface area contributed by atoms with Crippen LogP contribution in [0.4, 0.5) is 0 Å². The zero-order valence-corrected chi connectivity index (χ0v) is 7.04. The van der Waals surface area contributed by atoms with E-state index in [-0.39, 0.29) is 0 Å². The average Bonchev–Trinajstić information content (AvgIpc) is 1.88. The Labute approximate surface area is 62.8 Å². The van der Waals surface area contributed by atoms with E-state index in [4.69, 9.17) is 11.6 Å². The zero-order chi connectivity index (χ0) is 7.11. The molecule has 0 saturated carbocycles. The molecule has 2 heteroatoms. The number of nitrogens with one attached hydrogen (secondary N) is 1. The molecule has 1 unspecified atom stereocenters. The summed E-state index contributed by atoms with van der Waals surface area (Å²) in [4.78, 5) is 0. The maximum atomic E-state index is 5.57. The zero-order valence-electron chi connectivity index (χ0n) is 6.28. The summed E-state index contributed by atoms with van der Waals surface area (Å²) in [7, 11) is 1.99. The van der Waals surface area contributed by atoms with Crippen LogP contribution in [0.3, 0.4) is 0 Å². The monoisotopic (exact) mass is 149 g/mol. The quantitative estimate of drug-likeness (QED) is 0.590. The lowest BCUT2D eigenvalue weighted by Crippen LogP contribution is -2.25. The molecule has 0 aliphatic carbocycles. The highest BCUT2D eigenvalue weighted by molar-refractivity contribution is 6.17. The van der Waals surface area contributed by atoms with Crippen molar-refractivity contribution < 1.29 is 0 Å². The Morgan fingerprint density at radius 1 is 1.44 bits per heavy atom. The summed E-state index contributed by atoms with van der Waals surface area (Å²) in [5, 5.41) is 3.22. The Balaban J connectivity index is 3.18. The van der Waals surface area contributed by atoms with Crippen molar-refractivity contribution in [2.24, 2.45) is 0 Å². The third kappa shape index (κ3) is 4.73. The van der Waals surface area contributed by atoms with Gasteiger partial charge in [-0.15, -0.1) is 11.6 Å². The topological polar surface area (TPSA) is 12.0 Å². The van der Waals surface area contributed by atoms with Crippen LogP contribution >= 0.6 is 11.6 Å². The number of alkyl halides is 1. The second-order valence-corrected chi connectivity index (χ2v) is 2.63. The first-order valence-corrected chi connectivity index (χ1v) is 4.11. The molecule has 0 amide bonds. The van der Waals surface area contributed by atoms with Gasteiger partial charge in [-0.2, -0.15) is 0 Å². The van der Waals surface area contributed by atoms with Crippen molar-refractivity contribution >= 4 is 11.6 Å².